The van der Waals surface area contributed by atoms with Crippen molar-refractivity contribution in [3.05, 3.63) is 54.1 Å². The van der Waals surface area contributed by atoms with E-state index in [9.17, 15) is 0 Å². The lowest BCUT2D eigenvalue weighted by Gasteiger charge is -2.06. The summed E-state index contributed by atoms with van der Waals surface area (Å²) in [7, 11) is 0. The number of hydrogen-bond acceptors (Lipinski definition) is 0. The van der Waals surface area contributed by atoms with Gasteiger partial charge in [0.15, 0.2) is 0 Å². The molecule has 0 saturated heterocycles. The lowest BCUT2D eigenvalue weighted by atomic mass is 10.00. The third kappa shape index (κ3) is 7.00. The predicted octanol–water partition coefficient (Wildman–Crippen LogP) is 6.64. The number of rotatable bonds is 4. The Morgan fingerprint density at radius 3 is 2.21 bits per heavy atom. The van der Waals surface area contributed by atoms with E-state index in [0.717, 1.165) is 6.42 Å². The molecule has 0 aliphatic heterocycles. The average Bonchev–Trinajstić information content (AvgIpc) is 3.03. The molecule has 0 saturated carbocycles. The van der Waals surface area contributed by atoms with Crippen molar-refractivity contribution in [3.63, 3.8) is 0 Å². The maximum atomic E-state index is 4.16. The van der Waals surface area contributed by atoms with Gasteiger partial charge in [0.05, 0.1) is 0 Å². The Kier molecular flexibility index (Phi) is 11.0. The highest BCUT2D eigenvalue weighted by molar-refractivity contribution is 5.63. The molecule has 0 unspecified atom stereocenters. The number of hydrogen-bond donors (Lipinski definition) is 0. The molecule has 0 atom stereocenters. The van der Waals surface area contributed by atoms with E-state index in [-0.39, 0.29) is 0 Å². The third-order valence-corrected chi connectivity index (χ3v) is 3.06. The zero-order chi connectivity index (χ0) is 14.5. The monoisotopic (exact) mass is 258 g/mol. The fourth-order valence-corrected chi connectivity index (χ4v) is 2.09. The summed E-state index contributed by atoms with van der Waals surface area (Å²) in [6.45, 7) is 12.2. The SMILES string of the molecule is C=C(CCC1=CCCC1)c1ccccc1.CC.CC. The standard InChI is InChI=1S/C15H18.2C2H6/c1-13(15-9-3-2-4-10-15)11-12-14-7-5-6-8-14;2*1-2/h2-4,7,9-10H,1,5-6,8,11-12H2;2*1-2H3. The largest absolute Gasteiger partial charge is 0.0952 e. The van der Waals surface area contributed by atoms with Gasteiger partial charge in [-0.05, 0) is 43.2 Å². The van der Waals surface area contributed by atoms with E-state index in [1.54, 1.807) is 5.57 Å². The molecule has 2 rings (SSSR count). The van der Waals surface area contributed by atoms with Crippen LogP contribution in [0.4, 0.5) is 0 Å². The molecule has 0 radical (unpaired) electrons. The summed E-state index contributed by atoms with van der Waals surface area (Å²) >= 11 is 0. The van der Waals surface area contributed by atoms with Crippen molar-refractivity contribution >= 4 is 5.57 Å². The molecule has 0 bridgehead atoms. The van der Waals surface area contributed by atoms with Crippen LogP contribution in [0.5, 0.6) is 0 Å². The van der Waals surface area contributed by atoms with Crippen LogP contribution in [-0.4, -0.2) is 0 Å². The maximum absolute atomic E-state index is 4.16. The predicted molar refractivity (Wildman–Crippen MR) is 89.3 cm³/mol. The second-order valence-corrected chi connectivity index (χ2v) is 4.22. The molecule has 0 fully saturated rings. The summed E-state index contributed by atoms with van der Waals surface area (Å²) in [5, 5.41) is 0. The van der Waals surface area contributed by atoms with Crippen molar-refractivity contribution in [1.82, 2.24) is 0 Å². The summed E-state index contributed by atoms with van der Waals surface area (Å²) in [4.78, 5) is 0. The van der Waals surface area contributed by atoms with Gasteiger partial charge in [-0.15, -0.1) is 0 Å². The molecule has 0 N–H and O–H groups in total. The van der Waals surface area contributed by atoms with Gasteiger partial charge in [-0.1, -0.05) is 76.3 Å². The summed E-state index contributed by atoms with van der Waals surface area (Å²) in [5.74, 6) is 0. The highest BCUT2D eigenvalue weighted by Crippen LogP contribution is 2.26. The van der Waals surface area contributed by atoms with Crippen LogP contribution in [-0.2, 0) is 0 Å². The summed E-state index contributed by atoms with van der Waals surface area (Å²) in [5.41, 5.74) is 4.19. The summed E-state index contributed by atoms with van der Waals surface area (Å²) < 4.78 is 0. The minimum atomic E-state index is 1.11. The summed E-state index contributed by atoms with van der Waals surface area (Å²) in [6, 6.07) is 10.5. The topological polar surface area (TPSA) is 0 Å². The normalized spacial score (nSPS) is 12.5. The molecule has 0 heterocycles. The quantitative estimate of drug-likeness (QED) is 0.531. The molecular weight excluding hydrogens is 228 g/mol. The fraction of sp³-hybridized carbons (Fsp3) is 0.474. The minimum Gasteiger partial charge on any atom is -0.0952 e. The lowest BCUT2D eigenvalue weighted by Crippen LogP contribution is -1.85. The first-order valence-electron chi connectivity index (χ1n) is 7.77. The van der Waals surface area contributed by atoms with Gasteiger partial charge in [-0.3, -0.25) is 0 Å². The number of allylic oxidation sites excluding steroid dienone is 3. The van der Waals surface area contributed by atoms with Crippen LogP contribution in [0.3, 0.4) is 0 Å². The van der Waals surface area contributed by atoms with Crippen LogP contribution < -0.4 is 0 Å². The van der Waals surface area contributed by atoms with E-state index in [1.165, 1.54) is 36.8 Å². The van der Waals surface area contributed by atoms with Crippen LogP contribution in [0.15, 0.2) is 48.6 Å². The molecule has 106 valence electrons. The van der Waals surface area contributed by atoms with Gasteiger partial charge in [0.2, 0.25) is 0 Å². The van der Waals surface area contributed by atoms with Crippen molar-refractivity contribution in [2.24, 2.45) is 0 Å². The van der Waals surface area contributed by atoms with Crippen LogP contribution in [0.2, 0.25) is 0 Å². The molecule has 1 aromatic carbocycles. The van der Waals surface area contributed by atoms with Crippen LogP contribution in [0, 0.1) is 0 Å². The third-order valence-electron chi connectivity index (χ3n) is 3.06. The molecule has 0 heteroatoms. The number of benzene rings is 1. The molecule has 1 aliphatic rings. The molecule has 19 heavy (non-hydrogen) atoms. The highest BCUT2D eigenvalue weighted by atomic mass is 14.1. The maximum Gasteiger partial charge on any atom is -0.0230 e. The van der Waals surface area contributed by atoms with Crippen molar-refractivity contribution in [1.29, 1.82) is 0 Å². The molecule has 1 aliphatic carbocycles. The summed E-state index contributed by atoms with van der Waals surface area (Å²) in [6.07, 6.45) is 8.66. The van der Waals surface area contributed by atoms with E-state index < -0.39 is 0 Å². The Hall–Kier alpha value is -1.30. The van der Waals surface area contributed by atoms with Crippen LogP contribution >= 0.6 is 0 Å². The Bertz CT molecular complexity index is 357. The zero-order valence-corrected chi connectivity index (χ0v) is 13.2. The van der Waals surface area contributed by atoms with E-state index >= 15 is 0 Å². The smallest absolute Gasteiger partial charge is 0.0230 e. The van der Waals surface area contributed by atoms with Gasteiger partial charge in [0.25, 0.3) is 0 Å². The Labute approximate surface area is 120 Å². The van der Waals surface area contributed by atoms with Crippen LogP contribution in [0.25, 0.3) is 5.57 Å². The zero-order valence-electron chi connectivity index (χ0n) is 13.2. The van der Waals surface area contributed by atoms with Crippen LogP contribution in [0.1, 0.15) is 65.4 Å². The molecular formula is C19H30. The first-order chi connectivity index (χ1) is 9.36. The van der Waals surface area contributed by atoms with Gasteiger partial charge in [0.1, 0.15) is 0 Å². The van der Waals surface area contributed by atoms with Gasteiger partial charge in [-0.2, -0.15) is 0 Å². The van der Waals surface area contributed by atoms with Crippen molar-refractivity contribution in [2.75, 3.05) is 0 Å². The second kappa shape index (κ2) is 11.8. The Balaban J connectivity index is 0.000000741. The van der Waals surface area contributed by atoms with Gasteiger partial charge < -0.3 is 0 Å². The lowest BCUT2D eigenvalue weighted by molar-refractivity contribution is 0.860. The molecule has 0 spiro atoms. The molecule has 0 aromatic heterocycles. The van der Waals surface area contributed by atoms with E-state index in [2.05, 4.69) is 43.0 Å². The van der Waals surface area contributed by atoms with Gasteiger partial charge >= 0.3 is 0 Å². The first kappa shape index (κ1) is 17.7. The van der Waals surface area contributed by atoms with Gasteiger partial charge in [-0.25, -0.2) is 0 Å². The Morgan fingerprint density at radius 1 is 1.05 bits per heavy atom. The molecule has 1 aromatic rings. The van der Waals surface area contributed by atoms with Crippen molar-refractivity contribution in [2.45, 2.75) is 59.8 Å². The second-order valence-electron chi connectivity index (χ2n) is 4.22. The van der Waals surface area contributed by atoms with Crippen molar-refractivity contribution in [3.8, 4) is 0 Å². The fourth-order valence-electron chi connectivity index (χ4n) is 2.09. The molecule has 0 nitrogen and oxygen atoms in total. The van der Waals surface area contributed by atoms with E-state index in [0.29, 0.717) is 0 Å². The average molecular weight is 258 g/mol. The van der Waals surface area contributed by atoms with E-state index in [4.69, 9.17) is 0 Å². The Morgan fingerprint density at radius 2 is 1.68 bits per heavy atom. The highest BCUT2D eigenvalue weighted by Gasteiger charge is 2.05. The van der Waals surface area contributed by atoms with Gasteiger partial charge in [0, 0.05) is 0 Å². The van der Waals surface area contributed by atoms with E-state index in [1.807, 2.05) is 27.7 Å². The molecule has 0 amide bonds. The minimum absolute atomic E-state index is 1.11. The first-order valence-corrected chi connectivity index (χ1v) is 7.77. The van der Waals surface area contributed by atoms with Crippen molar-refractivity contribution < 1.29 is 0 Å².